The van der Waals surface area contributed by atoms with Crippen molar-refractivity contribution in [3.05, 3.63) is 18.3 Å². The van der Waals surface area contributed by atoms with Crippen LogP contribution in [0.2, 0.25) is 0 Å². The third kappa shape index (κ3) is 4.27. The molecule has 1 atom stereocenters. The topological polar surface area (TPSA) is 34.2 Å². The lowest BCUT2D eigenvalue weighted by Crippen LogP contribution is -2.15. The van der Waals surface area contributed by atoms with Crippen molar-refractivity contribution in [2.24, 2.45) is 0 Å². The fourth-order valence-electron chi connectivity index (χ4n) is 1.42. The lowest BCUT2D eigenvalue weighted by molar-refractivity contribution is 0.340. The molecule has 16 heavy (non-hydrogen) atoms. The van der Waals surface area contributed by atoms with Crippen molar-refractivity contribution < 1.29 is 4.74 Å². The fourth-order valence-corrected chi connectivity index (χ4v) is 1.71. The quantitative estimate of drug-likeness (QED) is 0.745. The van der Waals surface area contributed by atoms with Crippen LogP contribution < -0.4 is 10.1 Å². The van der Waals surface area contributed by atoms with Crippen LogP contribution in [0, 0.1) is 0 Å². The maximum Gasteiger partial charge on any atom is 0.168 e. The maximum absolute atomic E-state index is 6.13. The van der Waals surface area contributed by atoms with Gasteiger partial charge in [-0.05, 0) is 25.5 Å². The van der Waals surface area contributed by atoms with Gasteiger partial charge in [0.25, 0.3) is 0 Å². The Hall–Kier alpha value is -0.960. The molecule has 0 bridgehead atoms. The molecule has 1 unspecified atom stereocenters. The average Bonchev–Trinajstić information content (AvgIpc) is 2.29. The van der Waals surface area contributed by atoms with Gasteiger partial charge in [-0.3, -0.25) is 0 Å². The van der Waals surface area contributed by atoms with E-state index >= 15 is 0 Å². The van der Waals surface area contributed by atoms with Crippen molar-refractivity contribution >= 4 is 17.4 Å². The van der Waals surface area contributed by atoms with E-state index in [1.165, 1.54) is 0 Å². The third-order valence-electron chi connectivity index (χ3n) is 2.16. The second kappa shape index (κ2) is 7.34. The largest absolute Gasteiger partial charge is 0.490 e. The summed E-state index contributed by atoms with van der Waals surface area (Å²) in [4.78, 5) is 4.23. The van der Waals surface area contributed by atoms with E-state index in [1.807, 2.05) is 19.1 Å². The van der Waals surface area contributed by atoms with Crippen LogP contribution in [0.3, 0.4) is 0 Å². The molecule has 1 aromatic heterocycles. The highest BCUT2D eigenvalue weighted by atomic mass is 35.5. The minimum absolute atomic E-state index is 0.140. The molecule has 0 saturated carbocycles. The van der Waals surface area contributed by atoms with Gasteiger partial charge in [-0.25, -0.2) is 4.98 Å². The number of alkyl halides is 1. The Morgan fingerprint density at radius 3 is 3.00 bits per heavy atom. The van der Waals surface area contributed by atoms with Crippen molar-refractivity contribution in [3.8, 4) is 5.75 Å². The molecule has 0 aliphatic heterocycles. The lowest BCUT2D eigenvalue weighted by Gasteiger charge is -2.13. The van der Waals surface area contributed by atoms with Crippen LogP contribution >= 0.6 is 11.6 Å². The predicted octanol–water partition coefficient (Wildman–Crippen LogP) is 3.30. The molecular formula is C12H19ClN2O. The monoisotopic (exact) mass is 242 g/mol. The van der Waals surface area contributed by atoms with Gasteiger partial charge in [-0.2, -0.15) is 0 Å². The van der Waals surface area contributed by atoms with Crippen LogP contribution in [0.5, 0.6) is 5.75 Å². The van der Waals surface area contributed by atoms with Gasteiger partial charge in [0, 0.05) is 12.7 Å². The molecule has 1 N–H and O–H groups in total. The van der Waals surface area contributed by atoms with Crippen LogP contribution in [0.1, 0.15) is 26.7 Å². The molecule has 1 rings (SSSR count). The number of ether oxygens (including phenoxy) is 1. The van der Waals surface area contributed by atoms with E-state index in [1.54, 1.807) is 6.20 Å². The summed E-state index contributed by atoms with van der Waals surface area (Å²) < 4.78 is 5.46. The Bertz CT molecular complexity index is 307. The van der Waals surface area contributed by atoms with Crippen molar-refractivity contribution in [1.29, 1.82) is 0 Å². The first kappa shape index (κ1) is 13.1. The number of nitrogens with one attached hydrogen (secondary N) is 1. The second-order valence-electron chi connectivity index (χ2n) is 3.55. The van der Waals surface area contributed by atoms with Crippen molar-refractivity contribution in [2.45, 2.75) is 32.1 Å². The molecule has 0 aliphatic carbocycles. The SMILES string of the molecule is CCCC(Cl)CNc1ncccc1OCC. The minimum atomic E-state index is 0.140. The number of rotatable bonds is 7. The number of pyridine rings is 1. The molecular weight excluding hydrogens is 224 g/mol. The Balaban J connectivity index is 2.52. The predicted molar refractivity (Wildman–Crippen MR) is 68.4 cm³/mol. The number of aromatic nitrogens is 1. The summed E-state index contributed by atoms with van der Waals surface area (Å²) in [6, 6.07) is 3.77. The van der Waals surface area contributed by atoms with Crippen LogP contribution in [0.25, 0.3) is 0 Å². The van der Waals surface area contributed by atoms with E-state index in [2.05, 4.69) is 17.2 Å². The van der Waals surface area contributed by atoms with E-state index < -0.39 is 0 Å². The fraction of sp³-hybridized carbons (Fsp3) is 0.583. The zero-order valence-electron chi connectivity index (χ0n) is 9.87. The smallest absolute Gasteiger partial charge is 0.168 e. The third-order valence-corrected chi connectivity index (χ3v) is 2.54. The second-order valence-corrected chi connectivity index (χ2v) is 4.17. The van der Waals surface area contributed by atoms with Gasteiger partial charge in [-0.1, -0.05) is 13.3 Å². The normalized spacial score (nSPS) is 12.2. The molecule has 0 fully saturated rings. The average molecular weight is 243 g/mol. The Morgan fingerprint density at radius 2 is 2.31 bits per heavy atom. The Morgan fingerprint density at radius 1 is 1.50 bits per heavy atom. The maximum atomic E-state index is 6.13. The molecule has 0 aliphatic rings. The van der Waals surface area contributed by atoms with Gasteiger partial charge < -0.3 is 10.1 Å². The number of halogens is 1. The summed E-state index contributed by atoms with van der Waals surface area (Å²) in [5, 5.41) is 3.35. The highest BCUT2D eigenvalue weighted by Crippen LogP contribution is 2.21. The molecule has 3 nitrogen and oxygen atoms in total. The summed E-state index contributed by atoms with van der Waals surface area (Å²) >= 11 is 6.13. The van der Waals surface area contributed by atoms with E-state index in [0.717, 1.165) is 24.4 Å². The van der Waals surface area contributed by atoms with Crippen LogP contribution in [0.15, 0.2) is 18.3 Å². The molecule has 4 heteroatoms. The molecule has 0 saturated heterocycles. The number of anilines is 1. The van der Waals surface area contributed by atoms with E-state index in [0.29, 0.717) is 13.2 Å². The van der Waals surface area contributed by atoms with Gasteiger partial charge >= 0.3 is 0 Å². The van der Waals surface area contributed by atoms with Gasteiger partial charge in [0.1, 0.15) is 0 Å². The molecule has 0 radical (unpaired) electrons. The number of hydrogen-bond acceptors (Lipinski definition) is 3. The highest BCUT2D eigenvalue weighted by molar-refractivity contribution is 6.20. The molecule has 1 aromatic rings. The Labute approximate surface area is 102 Å². The van der Waals surface area contributed by atoms with E-state index in [-0.39, 0.29) is 5.38 Å². The van der Waals surface area contributed by atoms with Crippen molar-refractivity contribution in [2.75, 3.05) is 18.5 Å². The zero-order valence-corrected chi connectivity index (χ0v) is 10.6. The molecule has 0 aromatic carbocycles. The first-order valence-corrected chi connectivity index (χ1v) is 6.17. The summed E-state index contributed by atoms with van der Waals surface area (Å²) in [5.41, 5.74) is 0. The Kier molecular flexibility index (Phi) is 6.01. The lowest BCUT2D eigenvalue weighted by atomic mass is 10.2. The summed E-state index contributed by atoms with van der Waals surface area (Å²) in [6.07, 6.45) is 3.84. The van der Waals surface area contributed by atoms with Gasteiger partial charge in [0.15, 0.2) is 11.6 Å². The van der Waals surface area contributed by atoms with E-state index in [9.17, 15) is 0 Å². The minimum Gasteiger partial charge on any atom is -0.490 e. The van der Waals surface area contributed by atoms with Crippen molar-refractivity contribution in [1.82, 2.24) is 4.98 Å². The molecule has 0 amide bonds. The van der Waals surface area contributed by atoms with Crippen LogP contribution in [-0.4, -0.2) is 23.5 Å². The van der Waals surface area contributed by atoms with Crippen LogP contribution in [0.4, 0.5) is 5.82 Å². The summed E-state index contributed by atoms with van der Waals surface area (Å²) in [6.45, 7) is 5.44. The summed E-state index contributed by atoms with van der Waals surface area (Å²) in [5.74, 6) is 1.55. The molecule has 0 spiro atoms. The van der Waals surface area contributed by atoms with Gasteiger partial charge in [0.2, 0.25) is 0 Å². The standard InChI is InChI=1S/C12H19ClN2O/c1-3-6-10(13)9-15-12-11(16-4-2)7-5-8-14-12/h5,7-8,10H,3-4,6,9H2,1-2H3,(H,14,15). The van der Waals surface area contributed by atoms with Crippen LogP contribution in [-0.2, 0) is 0 Å². The first-order valence-electron chi connectivity index (χ1n) is 5.73. The molecule has 90 valence electrons. The van der Waals surface area contributed by atoms with Gasteiger partial charge in [0.05, 0.1) is 12.0 Å². The van der Waals surface area contributed by atoms with Crippen molar-refractivity contribution in [3.63, 3.8) is 0 Å². The zero-order chi connectivity index (χ0) is 11.8. The summed E-state index contributed by atoms with van der Waals surface area (Å²) in [7, 11) is 0. The number of hydrogen-bond donors (Lipinski definition) is 1. The van der Waals surface area contributed by atoms with Gasteiger partial charge in [-0.15, -0.1) is 11.6 Å². The van der Waals surface area contributed by atoms with E-state index in [4.69, 9.17) is 16.3 Å². The number of nitrogens with zero attached hydrogens (tertiary/aromatic N) is 1. The molecule has 1 heterocycles. The highest BCUT2D eigenvalue weighted by Gasteiger charge is 2.06. The first-order chi connectivity index (χ1) is 7.77.